The molecule has 0 unspecified atom stereocenters. The zero-order valence-electron chi connectivity index (χ0n) is 18.5. The summed E-state index contributed by atoms with van der Waals surface area (Å²) < 4.78 is 27.6. The first-order chi connectivity index (χ1) is 15.7. The number of amides is 1. The molecule has 9 heteroatoms. The highest BCUT2D eigenvalue weighted by Crippen LogP contribution is 2.26. The molecule has 1 N–H and O–H groups in total. The van der Waals surface area contributed by atoms with E-state index in [4.69, 9.17) is 11.6 Å². The summed E-state index contributed by atoms with van der Waals surface area (Å²) >= 11 is 5.91. The summed E-state index contributed by atoms with van der Waals surface area (Å²) in [6, 6.07) is 10.9. The minimum atomic E-state index is -3.94. The van der Waals surface area contributed by atoms with Crippen molar-refractivity contribution in [2.24, 2.45) is 0 Å². The van der Waals surface area contributed by atoms with Gasteiger partial charge in [0.15, 0.2) is 0 Å². The fourth-order valence-electron chi connectivity index (χ4n) is 4.31. The number of halogens is 1. The highest BCUT2D eigenvalue weighted by atomic mass is 35.5. The molecular weight excluding hydrogens is 462 g/mol. The van der Waals surface area contributed by atoms with Crippen LogP contribution in [0.1, 0.15) is 43.0 Å². The van der Waals surface area contributed by atoms with Crippen LogP contribution in [0.5, 0.6) is 0 Å². The average molecular weight is 488 g/mol. The molecule has 33 heavy (non-hydrogen) atoms. The normalized spacial score (nSPS) is 16.7. The van der Waals surface area contributed by atoms with Gasteiger partial charge < -0.3 is 9.88 Å². The molecule has 1 aromatic heterocycles. The average Bonchev–Trinajstić information content (AvgIpc) is 2.83. The smallest absolute Gasteiger partial charge is 0.264 e. The second kappa shape index (κ2) is 9.19. The fourth-order valence-corrected chi connectivity index (χ4v) is 5.66. The molecule has 3 aromatic rings. The molecule has 0 bridgehead atoms. The van der Waals surface area contributed by atoms with Crippen LogP contribution in [0.25, 0.3) is 10.9 Å². The Morgan fingerprint density at radius 3 is 2.61 bits per heavy atom. The van der Waals surface area contributed by atoms with Gasteiger partial charge in [0.1, 0.15) is 5.56 Å². The van der Waals surface area contributed by atoms with E-state index in [-0.39, 0.29) is 27.8 Å². The maximum Gasteiger partial charge on any atom is 0.264 e. The van der Waals surface area contributed by atoms with Crippen LogP contribution in [-0.4, -0.2) is 43.8 Å². The highest BCUT2D eigenvalue weighted by Gasteiger charge is 2.28. The highest BCUT2D eigenvalue weighted by molar-refractivity contribution is 7.92. The lowest BCUT2D eigenvalue weighted by Gasteiger charge is -2.35. The van der Waals surface area contributed by atoms with Crippen molar-refractivity contribution in [3.05, 3.63) is 69.5 Å². The minimum absolute atomic E-state index is 0.0310. The number of carbonyl (C=O) groups is 1. The van der Waals surface area contributed by atoms with E-state index in [0.717, 1.165) is 30.0 Å². The number of sulfonamides is 1. The predicted octanol–water partition coefficient (Wildman–Crippen LogP) is 4.41. The maximum absolute atomic E-state index is 13.3. The molecule has 174 valence electrons. The van der Waals surface area contributed by atoms with Crippen molar-refractivity contribution >= 4 is 44.1 Å². The molecule has 1 fully saturated rings. The molecule has 0 aliphatic carbocycles. The Morgan fingerprint density at radius 2 is 1.91 bits per heavy atom. The van der Waals surface area contributed by atoms with E-state index in [2.05, 4.69) is 4.98 Å². The molecule has 7 nitrogen and oxygen atoms in total. The van der Waals surface area contributed by atoms with Crippen LogP contribution < -0.4 is 9.73 Å². The third kappa shape index (κ3) is 4.37. The molecule has 1 atom stereocenters. The van der Waals surface area contributed by atoms with Crippen molar-refractivity contribution in [2.45, 2.75) is 43.5 Å². The number of hydrogen-bond donors (Lipinski definition) is 1. The molecule has 4 rings (SSSR count). The number of likely N-dealkylation sites (tertiary alicyclic amines) is 1. The lowest BCUT2D eigenvalue weighted by atomic mass is 9.99. The molecular formula is C24H26ClN3O4S. The number of aromatic nitrogens is 1. The summed E-state index contributed by atoms with van der Waals surface area (Å²) in [6.07, 6.45) is 5.16. The number of benzene rings is 2. The standard InChI is InChI=1S/C24H26ClN3O4S/c1-3-17-6-4-5-13-28(17)24(30)21-15-26-22-12-11-19(14-20(22)23(21)29)33(31,32)27(2)18-9-7-16(25)8-10-18/h7-12,14-15,17H,3-6,13H2,1-2H3,(H,26,29)/t17-/m0/s1. The van der Waals surface area contributed by atoms with Crippen LogP contribution >= 0.6 is 11.6 Å². The van der Waals surface area contributed by atoms with Crippen LogP contribution in [0.4, 0.5) is 5.69 Å². The third-order valence-corrected chi connectivity index (χ3v) is 8.32. The number of anilines is 1. The monoisotopic (exact) mass is 487 g/mol. The van der Waals surface area contributed by atoms with Crippen molar-refractivity contribution in [3.8, 4) is 0 Å². The van der Waals surface area contributed by atoms with E-state index in [1.165, 1.54) is 25.4 Å². The number of pyridine rings is 1. The molecule has 2 heterocycles. The first-order valence-electron chi connectivity index (χ1n) is 10.9. The second-order valence-electron chi connectivity index (χ2n) is 8.24. The van der Waals surface area contributed by atoms with Gasteiger partial charge in [0, 0.05) is 41.8 Å². The van der Waals surface area contributed by atoms with Gasteiger partial charge in [0.25, 0.3) is 15.9 Å². The zero-order chi connectivity index (χ0) is 23.8. The summed E-state index contributed by atoms with van der Waals surface area (Å²) in [5, 5.41) is 0.662. The molecule has 0 spiro atoms. The van der Waals surface area contributed by atoms with Gasteiger partial charge in [-0.15, -0.1) is 0 Å². The van der Waals surface area contributed by atoms with Gasteiger partial charge in [0.2, 0.25) is 5.43 Å². The topological polar surface area (TPSA) is 90.6 Å². The summed E-state index contributed by atoms with van der Waals surface area (Å²) in [5.74, 6) is -0.309. The number of H-pyrrole nitrogens is 1. The molecule has 1 aliphatic heterocycles. The number of nitrogens with one attached hydrogen (secondary N) is 1. The Bertz CT molecular complexity index is 1350. The second-order valence-corrected chi connectivity index (χ2v) is 10.6. The quantitative estimate of drug-likeness (QED) is 0.577. The van der Waals surface area contributed by atoms with Crippen molar-refractivity contribution in [3.63, 3.8) is 0 Å². The zero-order valence-corrected chi connectivity index (χ0v) is 20.1. The molecule has 1 saturated heterocycles. The van der Waals surface area contributed by atoms with E-state index in [1.807, 2.05) is 6.92 Å². The van der Waals surface area contributed by atoms with E-state index in [9.17, 15) is 18.0 Å². The van der Waals surface area contributed by atoms with Crippen molar-refractivity contribution < 1.29 is 13.2 Å². The number of aromatic amines is 1. The van der Waals surface area contributed by atoms with Gasteiger partial charge in [-0.2, -0.15) is 0 Å². The van der Waals surface area contributed by atoms with Crippen LogP contribution in [0, 0.1) is 0 Å². The van der Waals surface area contributed by atoms with E-state index >= 15 is 0 Å². The number of piperidine rings is 1. The first-order valence-corrected chi connectivity index (χ1v) is 12.8. The van der Waals surface area contributed by atoms with Crippen molar-refractivity contribution in [1.82, 2.24) is 9.88 Å². The predicted molar refractivity (Wildman–Crippen MR) is 131 cm³/mol. The fraction of sp³-hybridized carbons (Fsp3) is 0.333. The number of carbonyl (C=O) groups excluding carboxylic acids is 1. The molecule has 1 amide bonds. The van der Waals surface area contributed by atoms with Gasteiger partial charge in [-0.25, -0.2) is 8.42 Å². The van der Waals surface area contributed by atoms with Gasteiger partial charge >= 0.3 is 0 Å². The van der Waals surface area contributed by atoms with E-state index < -0.39 is 15.5 Å². The van der Waals surface area contributed by atoms with Crippen LogP contribution in [0.2, 0.25) is 5.02 Å². The summed E-state index contributed by atoms with van der Waals surface area (Å²) in [4.78, 5) is 31.2. The van der Waals surface area contributed by atoms with Crippen molar-refractivity contribution in [2.75, 3.05) is 17.9 Å². The van der Waals surface area contributed by atoms with Crippen molar-refractivity contribution in [1.29, 1.82) is 0 Å². The molecule has 0 saturated carbocycles. The van der Waals surface area contributed by atoms with Gasteiger partial charge in [-0.05, 0) is 68.1 Å². The number of hydrogen-bond acceptors (Lipinski definition) is 4. The Labute approximate surface area is 198 Å². The van der Waals surface area contributed by atoms with Crippen LogP contribution in [0.3, 0.4) is 0 Å². The molecule has 0 radical (unpaired) electrons. The summed E-state index contributed by atoms with van der Waals surface area (Å²) in [6.45, 7) is 2.66. The lowest BCUT2D eigenvalue weighted by Crippen LogP contribution is -2.44. The van der Waals surface area contributed by atoms with E-state index in [0.29, 0.717) is 22.8 Å². The van der Waals surface area contributed by atoms with Gasteiger partial charge in [0.05, 0.1) is 10.6 Å². The first kappa shape index (κ1) is 23.3. The SMILES string of the molecule is CC[C@H]1CCCCN1C(=O)c1c[nH]c2ccc(S(=O)(=O)N(C)c3ccc(Cl)cc3)cc2c1=O. The number of fused-ring (bicyclic) bond motifs is 1. The molecule has 2 aromatic carbocycles. The maximum atomic E-state index is 13.3. The van der Waals surface area contributed by atoms with Crippen LogP contribution in [-0.2, 0) is 10.0 Å². The third-order valence-electron chi connectivity index (χ3n) is 6.29. The largest absolute Gasteiger partial charge is 0.360 e. The Kier molecular flexibility index (Phi) is 6.50. The Hall–Kier alpha value is -2.84. The summed E-state index contributed by atoms with van der Waals surface area (Å²) in [7, 11) is -2.50. The Balaban J connectivity index is 1.74. The molecule has 1 aliphatic rings. The van der Waals surface area contributed by atoms with Gasteiger partial charge in [-0.3, -0.25) is 13.9 Å². The lowest BCUT2D eigenvalue weighted by molar-refractivity contribution is 0.0606. The minimum Gasteiger partial charge on any atom is -0.360 e. The number of rotatable bonds is 5. The van der Waals surface area contributed by atoms with Gasteiger partial charge in [-0.1, -0.05) is 18.5 Å². The van der Waals surface area contributed by atoms with Crippen LogP contribution in [0.15, 0.2) is 58.4 Å². The number of nitrogens with zero attached hydrogens (tertiary/aromatic N) is 2. The van der Waals surface area contributed by atoms with E-state index in [1.54, 1.807) is 35.2 Å². The summed E-state index contributed by atoms with van der Waals surface area (Å²) in [5.41, 5.74) is 0.465. The Morgan fingerprint density at radius 1 is 1.18 bits per heavy atom.